The first kappa shape index (κ1) is 21.1. The first-order valence-electron chi connectivity index (χ1n) is 10.6. The Morgan fingerprint density at radius 2 is 1.93 bits per heavy atom. The number of piperazine rings is 1. The second-order valence-corrected chi connectivity index (χ2v) is 9.37. The van der Waals surface area contributed by atoms with E-state index >= 15 is 0 Å². The minimum atomic E-state index is -0.00266. The summed E-state index contributed by atoms with van der Waals surface area (Å²) in [6, 6.07) is 7.55. The molecule has 0 radical (unpaired) electrons. The van der Waals surface area contributed by atoms with Crippen LogP contribution in [0.4, 0.5) is 5.13 Å². The van der Waals surface area contributed by atoms with Crippen LogP contribution in [0.15, 0.2) is 24.3 Å². The first-order valence-corrected chi connectivity index (χ1v) is 11.8. The van der Waals surface area contributed by atoms with Crippen molar-refractivity contribution < 1.29 is 9.59 Å². The van der Waals surface area contributed by atoms with Gasteiger partial charge in [-0.3, -0.25) is 9.59 Å². The Hall–Kier alpha value is -2.12. The van der Waals surface area contributed by atoms with Gasteiger partial charge in [-0.25, -0.2) is 4.98 Å². The highest BCUT2D eigenvalue weighted by Crippen LogP contribution is 2.34. The van der Waals surface area contributed by atoms with E-state index in [-0.39, 0.29) is 17.7 Å². The van der Waals surface area contributed by atoms with Gasteiger partial charge in [0.25, 0.3) is 0 Å². The fraction of sp³-hybridized carbons (Fsp3) is 0.500. The van der Waals surface area contributed by atoms with Crippen LogP contribution >= 0.6 is 22.9 Å². The molecule has 2 aliphatic rings. The second-order valence-electron chi connectivity index (χ2n) is 7.87. The van der Waals surface area contributed by atoms with Gasteiger partial charge in [-0.05, 0) is 37.0 Å². The van der Waals surface area contributed by atoms with Gasteiger partial charge in [0.1, 0.15) is 0 Å². The third-order valence-electron chi connectivity index (χ3n) is 5.88. The number of fused-ring (bicyclic) bond motifs is 1. The first-order chi connectivity index (χ1) is 14.5. The van der Waals surface area contributed by atoms with Crippen LogP contribution < -0.4 is 10.2 Å². The van der Waals surface area contributed by atoms with Gasteiger partial charge < -0.3 is 15.1 Å². The SMILES string of the molecule is CCC(=O)N1CCN(c2nc3c(s2)CC(C(=O)NCc2ccc(Cl)cc2)CC3)CC1. The van der Waals surface area contributed by atoms with Gasteiger partial charge in [0.05, 0.1) is 5.69 Å². The van der Waals surface area contributed by atoms with Gasteiger partial charge in [0.2, 0.25) is 11.8 Å². The number of anilines is 1. The van der Waals surface area contributed by atoms with E-state index in [0.29, 0.717) is 18.0 Å². The summed E-state index contributed by atoms with van der Waals surface area (Å²) >= 11 is 7.63. The Kier molecular flexibility index (Phi) is 6.58. The van der Waals surface area contributed by atoms with Gasteiger partial charge in [-0.1, -0.05) is 30.7 Å². The topological polar surface area (TPSA) is 65.5 Å². The van der Waals surface area contributed by atoms with Crippen molar-refractivity contribution in [1.82, 2.24) is 15.2 Å². The van der Waals surface area contributed by atoms with Crippen molar-refractivity contribution in [2.45, 2.75) is 39.2 Å². The average molecular weight is 447 g/mol. The largest absolute Gasteiger partial charge is 0.352 e. The van der Waals surface area contributed by atoms with E-state index < -0.39 is 0 Å². The molecule has 1 aliphatic carbocycles. The number of benzene rings is 1. The Balaban J connectivity index is 1.32. The fourth-order valence-electron chi connectivity index (χ4n) is 4.03. The monoisotopic (exact) mass is 446 g/mol. The number of amides is 2. The highest BCUT2D eigenvalue weighted by Gasteiger charge is 2.29. The molecule has 1 saturated heterocycles. The molecule has 30 heavy (non-hydrogen) atoms. The zero-order chi connectivity index (χ0) is 21.1. The molecule has 160 valence electrons. The Bertz CT molecular complexity index is 906. The second kappa shape index (κ2) is 9.35. The molecule has 6 nitrogen and oxygen atoms in total. The molecular weight excluding hydrogens is 420 g/mol. The molecule has 1 aromatic carbocycles. The molecule has 8 heteroatoms. The Labute approximate surface area is 186 Å². The number of aryl methyl sites for hydroxylation is 1. The van der Waals surface area contributed by atoms with E-state index in [0.717, 1.165) is 61.8 Å². The van der Waals surface area contributed by atoms with Crippen molar-refractivity contribution in [1.29, 1.82) is 0 Å². The molecule has 1 aromatic heterocycles. The van der Waals surface area contributed by atoms with Crippen LogP contribution in [0.3, 0.4) is 0 Å². The lowest BCUT2D eigenvalue weighted by Gasteiger charge is -2.34. The summed E-state index contributed by atoms with van der Waals surface area (Å²) in [5.74, 6) is 0.329. The number of carbonyl (C=O) groups is 2. The standard InChI is InChI=1S/C22H27ClN4O2S/c1-2-20(28)26-9-11-27(12-10-26)22-25-18-8-5-16(13-19(18)30-22)21(29)24-14-15-3-6-17(23)7-4-15/h3-4,6-7,16H,2,5,8-14H2,1H3,(H,24,29). The van der Waals surface area contributed by atoms with Gasteiger partial charge in [-0.15, -0.1) is 11.3 Å². The van der Waals surface area contributed by atoms with E-state index in [1.165, 1.54) is 4.88 Å². The van der Waals surface area contributed by atoms with Crippen molar-refractivity contribution >= 4 is 39.9 Å². The van der Waals surface area contributed by atoms with E-state index in [1.807, 2.05) is 36.1 Å². The lowest BCUT2D eigenvalue weighted by atomic mass is 9.90. The van der Waals surface area contributed by atoms with E-state index in [9.17, 15) is 9.59 Å². The third-order valence-corrected chi connectivity index (χ3v) is 7.32. The van der Waals surface area contributed by atoms with Crippen LogP contribution in [-0.4, -0.2) is 47.9 Å². The molecule has 0 spiro atoms. The predicted molar refractivity (Wildman–Crippen MR) is 120 cm³/mol. The van der Waals surface area contributed by atoms with E-state index in [4.69, 9.17) is 16.6 Å². The van der Waals surface area contributed by atoms with Crippen molar-refractivity contribution in [3.05, 3.63) is 45.4 Å². The molecule has 2 amide bonds. The normalized spacial score (nSPS) is 18.8. The summed E-state index contributed by atoms with van der Waals surface area (Å²) in [5, 5.41) is 4.80. The smallest absolute Gasteiger partial charge is 0.223 e. The van der Waals surface area contributed by atoms with Gasteiger partial charge in [-0.2, -0.15) is 0 Å². The summed E-state index contributed by atoms with van der Waals surface area (Å²) in [4.78, 5) is 34.9. The molecule has 4 rings (SSSR count). The number of nitrogens with zero attached hydrogens (tertiary/aromatic N) is 3. The minimum absolute atomic E-state index is 0.00266. The lowest BCUT2D eigenvalue weighted by Crippen LogP contribution is -2.48. The minimum Gasteiger partial charge on any atom is -0.352 e. The molecule has 1 atom stereocenters. The van der Waals surface area contributed by atoms with E-state index in [2.05, 4.69) is 10.2 Å². The summed E-state index contributed by atoms with van der Waals surface area (Å²) in [7, 11) is 0. The molecular formula is C22H27ClN4O2S. The number of hydrogen-bond acceptors (Lipinski definition) is 5. The van der Waals surface area contributed by atoms with Crippen molar-refractivity contribution in [2.24, 2.45) is 5.92 Å². The zero-order valence-electron chi connectivity index (χ0n) is 17.2. The number of hydrogen-bond donors (Lipinski definition) is 1. The molecule has 1 N–H and O–H groups in total. The molecule has 1 fully saturated rings. The highest BCUT2D eigenvalue weighted by atomic mass is 35.5. The molecule has 1 unspecified atom stereocenters. The van der Waals surface area contributed by atoms with Crippen molar-refractivity contribution in [3.63, 3.8) is 0 Å². The maximum Gasteiger partial charge on any atom is 0.223 e. The van der Waals surface area contributed by atoms with Crippen molar-refractivity contribution in [3.8, 4) is 0 Å². The Morgan fingerprint density at radius 1 is 1.20 bits per heavy atom. The van der Waals surface area contributed by atoms with Crippen molar-refractivity contribution in [2.75, 3.05) is 31.1 Å². The van der Waals surface area contributed by atoms with Crippen LogP contribution in [0.1, 0.15) is 35.9 Å². The van der Waals surface area contributed by atoms with Crippen LogP contribution in [0, 0.1) is 5.92 Å². The number of carbonyl (C=O) groups excluding carboxylic acids is 2. The molecule has 0 bridgehead atoms. The number of thiazole rings is 1. The summed E-state index contributed by atoms with van der Waals surface area (Å²) < 4.78 is 0. The molecule has 0 saturated carbocycles. The maximum absolute atomic E-state index is 12.7. The third kappa shape index (κ3) is 4.78. The predicted octanol–water partition coefficient (Wildman–Crippen LogP) is 3.28. The van der Waals surface area contributed by atoms with Gasteiger partial charge >= 0.3 is 0 Å². The number of rotatable bonds is 5. The summed E-state index contributed by atoms with van der Waals surface area (Å²) in [6.45, 7) is 5.59. The van der Waals surface area contributed by atoms with Crippen LogP contribution in [0.2, 0.25) is 5.02 Å². The highest BCUT2D eigenvalue weighted by molar-refractivity contribution is 7.15. The quantitative estimate of drug-likeness (QED) is 0.765. The summed E-state index contributed by atoms with van der Waals surface area (Å²) in [5.41, 5.74) is 2.19. The number of halogens is 1. The summed E-state index contributed by atoms with van der Waals surface area (Å²) in [6.07, 6.45) is 3.00. The molecule has 1 aliphatic heterocycles. The van der Waals surface area contributed by atoms with Crippen LogP contribution in [0.5, 0.6) is 0 Å². The maximum atomic E-state index is 12.7. The molecule has 2 aromatic rings. The average Bonchev–Trinajstić information content (AvgIpc) is 3.21. The van der Waals surface area contributed by atoms with Crippen LogP contribution in [0.25, 0.3) is 0 Å². The number of nitrogens with one attached hydrogen (secondary N) is 1. The van der Waals surface area contributed by atoms with E-state index in [1.54, 1.807) is 11.3 Å². The molecule has 2 heterocycles. The lowest BCUT2D eigenvalue weighted by molar-refractivity contribution is -0.131. The Morgan fingerprint density at radius 3 is 2.63 bits per heavy atom. The zero-order valence-corrected chi connectivity index (χ0v) is 18.8. The van der Waals surface area contributed by atoms with Gasteiger partial charge in [0, 0.05) is 55.0 Å². The van der Waals surface area contributed by atoms with Crippen LogP contribution in [-0.2, 0) is 29.0 Å². The number of aromatic nitrogens is 1. The van der Waals surface area contributed by atoms with Gasteiger partial charge in [0.15, 0.2) is 5.13 Å². The fourth-order valence-corrected chi connectivity index (χ4v) is 5.39.